The van der Waals surface area contributed by atoms with E-state index in [1.165, 1.54) is 5.56 Å². The molecule has 1 aromatic heterocycles. The highest BCUT2D eigenvalue weighted by Crippen LogP contribution is 2.30. The zero-order chi connectivity index (χ0) is 13.8. The molecule has 102 valence electrons. The minimum absolute atomic E-state index is 0.251. The Labute approximate surface area is 111 Å². The topological polar surface area (TPSA) is 34.2 Å². The molecule has 0 atom stereocenters. The monoisotopic (exact) mass is 250 g/mol. The van der Waals surface area contributed by atoms with Crippen LogP contribution in [0.5, 0.6) is 5.75 Å². The van der Waals surface area contributed by atoms with Crippen LogP contribution in [-0.2, 0) is 6.42 Å². The molecule has 3 nitrogen and oxygen atoms in total. The van der Waals surface area contributed by atoms with Gasteiger partial charge in [-0.15, -0.1) is 0 Å². The van der Waals surface area contributed by atoms with Crippen LogP contribution in [0, 0.1) is 19.3 Å². The molecule has 0 saturated carbocycles. The number of aromatic nitrogens is 1. The molecule has 0 aromatic carbocycles. The number of nitrogens with zero attached hydrogens (tertiary/aromatic N) is 1. The first-order chi connectivity index (χ1) is 8.41. The van der Waals surface area contributed by atoms with Gasteiger partial charge in [0.05, 0.1) is 7.11 Å². The van der Waals surface area contributed by atoms with Crippen LogP contribution in [0.1, 0.15) is 37.1 Å². The summed E-state index contributed by atoms with van der Waals surface area (Å²) in [4.78, 5) is 4.58. The molecular formula is C15H26N2O. The average molecular weight is 250 g/mol. The number of ether oxygens (including phenoxy) is 1. The van der Waals surface area contributed by atoms with Crippen molar-refractivity contribution in [2.24, 2.45) is 5.41 Å². The van der Waals surface area contributed by atoms with Gasteiger partial charge in [0, 0.05) is 23.0 Å². The Morgan fingerprint density at radius 1 is 1.33 bits per heavy atom. The van der Waals surface area contributed by atoms with Crippen LogP contribution in [0.3, 0.4) is 0 Å². The van der Waals surface area contributed by atoms with Crippen LogP contribution in [0.15, 0.2) is 6.20 Å². The number of hydrogen-bond acceptors (Lipinski definition) is 3. The minimum Gasteiger partial charge on any atom is -0.496 e. The van der Waals surface area contributed by atoms with Crippen molar-refractivity contribution >= 4 is 0 Å². The molecular weight excluding hydrogens is 224 g/mol. The van der Waals surface area contributed by atoms with E-state index in [0.717, 1.165) is 36.4 Å². The van der Waals surface area contributed by atoms with E-state index in [2.05, 4.69) is 31.1 Å². The molecule has 0 radical (unpaired) electrons. The van der Waals surface area contributed by atoms with E-state index in [9.17, 15) is 0 Å². The lowest BCUT2D eigenvalue weighted by molar-refractivity contribution is 0.324. The molecule has 0 aliphatic carbocycles. The summed E-state index contributed by atoms with van der Waals surface area (Å²) in [6, 6.07) is 0. The van der Waals surface area contributed by atoms with Gasteiger partial charge >= 0.3 is 0 Å². The molecule has 0 aliphatic rings. The maximum absolute atomic E-state index is 5.46. The molecule has 0 unspecified atom stereocenters. The van der Waals surface area contributed by atoms with Crippen molar-refractivity contribution in [1.82, 2.24) is 10.3 Å². The van der Waals surface area contributed by atoms with Crippen molar-refractivity contribution in [3.8, 4) is 5.75 Å². The standard InChI is InChI=1S/C15H26N2O/c1-11-10-17-13(12(2)14(11)18-6)9-15(3,4)7-8-16-5/h10,16H,7-9H2,1-6H3. The Bertz CT molecular complexity index is 400. The Hall–Kier alpha value is -1.09. The molecule has 0 bridgehead atoms. The highest BCUT2D eigenvalue weighted by Gasteiger charge is 2.21. The van der Waals surface area contributed by atoms with Gasteiger partial charge in [0.15, 0.2) is 0 Å². The first kappa shape index (κ1) is 15.0. The van der Waals surface area contributed by atoms with Gasteiger partial charge in [-0.2, -0.15) is 0 Å². The van der Waals surface area contributed by atoms with Crippen LogP contribution in [0.25, 0.3) is 0 Å². The molecule has 1 aromatic rings. The van der Waals surface area contributed by atoms with E-state index in [0.29, 0.717) is 0 Å². The number of pyridine rings is 1. The second-order valence-electron chi connectivity index (χ2n) is 5.74. The fourth-order valence-electron chi connectivity index (χ4n) is 2.25. The van der Waals surface area contributed by atoms with Crippen LogP contribution in [-0.4, -0.2) is 25.7 Å². The van der Waals surface area contributed by atoms with Gasteiger partial charge in [-0.05, 0) is 45.7 Å². The van der Waals surface area contributed by atoms with Gasteiger partial charge in [-0.1, -0.05) is 13.8 Å². The largest absolute Gasteiger partial charge is 0.496 e. The predicted molar refractivity (Wildman–Crippen MR) is 76.3 cm³/mol. The van der Waals surface area contributed by atoms with E-state index in [1.807, 2.05) is 20.2 Å². The fourth-order valence-corrected chi connectivity index (χ4v) is 2.25. The lowest BCUT2D eigenvalue weighted by Crippen LogP contribution is -2.22. The molecule has 0 fully saturated rings. The Morgan fingerprint density at radius 3 is 2.56 bits per heavy atom. The lowest BCUT2D eigenvalue weighted by atomic mass is 9.83. The van der Waals surface area contributed by atoms with Crippen molar-refractivity contribution in [3.05, 3.63) is 23.0 Å². The first-order valence-electron chi connectivity index (χ1n) is 6.55. The van der Waals surface area contributed by atoms with E-state index < -0.39 is 0 Å². The van der Waals surface area contributed by atoms with E-state index in [4.69, 9.17) is 4.74 Å². The van der Waals surface area contributed by atoms with Crippen LogP contribution < -0.4 is 10.1 Å². The molecule has 1 rings (SSSR count). The molecule has 3 heteroatoms. The summed E-state index contributed by atoms with van der Waals surface area (Å²) in [5.74, 6) is 0.976. The third-order valence-corrected chi connectivity index (χ3v) is 3.45. The molecule has 0 amide bonds. The summed E-state index contributed by atoms with van der Waals surface area (Å²) < 4.78 is 5.46. The third-order valence-electron chi connectivity index (χ3n) is 3.45. The third kappa shape index (κ3) is 3.70. The molecule has 0 aliphatic heterocycles. The van der Waals surface area contributed by atoms with Crippen LogP contribution in [0.4, 0.5) is 0 Å². The average Bonchev–Trinajstić information content (AvgIpc) is 2.31. The number of nitrogens with one attached hydrogen (secondary N) is 1. The van der Waals surface area contributed by atoms with Gasteiger partial charge in [0.25, 0.3) is 0 Å². The van der Waals surface area contributed by atoms with Gasteiger partial charge in [-0.25, -0.2) is 0 Å². The Balaban J connectivity index is 2.91. The van der Waals surface area contributed by atoms with Crippen LogP contribution >= 0.6 is 0 Å². The van der Waals surface area contributed by atoms with Gasteiger partial charge in [0.1, 0.15) is 5.75 Å². The van der Waals surface area contributed by atoms with E-state index in [1.54, 1.807) is 7.11 Å². The number of hydrogen-bond donors (Lipinski definition) is 1. The Morgan fingerprint density at radius 2 is 2.00 bits per heavy atom. The summed E-state index contributed by atoms with van der Waals surface area (Å²) in [6.07, 6.45) is 4.04. The zero-order valence-corrected chi connectivity index (χ0v) is 12.6. The normalized spacial score (nSPS) is 11.7. The zero-order valence-electron chi connectivity index (χ0n) is 12.6. The highest BCUT2D eigenvalue weighted by molar-refractivity contribution is 5.41. The number of aryl methyl sites for hydroxylation is 1. The number of rotatable bonds is 6. The van der Waals surface area contributed by atoms with Gasteiger partial charge in [0.2, 0.25) is 0 Å². The van der Waals surface area contributed by atoms with Gasteiger partial charge in [-0.3, -0.25) is 4.98 Å². The number of methoxy groups -OCH3 is 1. The summed E-state index contributed by atoms with van der Waals surface area (Å²) in [7, 11) is 3.72. The molecule has 1 N–H and O–H groups in total. The summed E-state index contributed by atoms with van der Waals surface area (Å²) in [6.45, 7) is 9.75. The van der Waals surface area contributed by atoms with Gasteiger partial charge < -0.3 is 10.1 Å². The smallest absolute Gasteiger partial charge is 0.128 e. The highest BCUT2D eigenvalue weighted by atomic mass is 16.5. The fraction of sp³-hybridized carbons (Fsp3) is 0.667. The Kier molecular flexibility index (Phi) is 5.15. The molecule has 0 spiro atoms. The minimum atomic E-state index is 0.251. The van der Waals surface area contributed by atoms with Crippen molar-refractivity contribution < 1.29 is 4.74 Å². The van der Waals surface area contributed by atoms with E-state index >= 15 is 0 Å². The molecule has 1 heterocycles. The molecule has 18 heavy (non-hydrogen) atoms. The summed E-state index contributed by atoms with van der Waals surface area (Å²) >= 11 is 0. The van der Waals surface area contributed by atoms with Crippen molar-refractivity contribution in [2.45, 2.75) is 40.5 Å². The second kappa shape index (κ2) is 6.19. The second-order valence-corrected chi connectivity index (χ2v) is 5.74. The SMILES string of the molecule is CNCCC(C)(C)Cc1ncc(C)c(OC)c1C. The molecule has 0 saturated heterocycles. The van der Waals surface area contributed by atoms with Crippen molar-refractivity contribution in [1.29, 1.82) is 0 Å². The predicted octanol–water partition coefficient (Wildman–Crippen LogP) is 2.89. The first-order valence-corrected chi connectivity index (χ1v) is 6.55. The van der Waals surface area contributed by atoms with E-state index in [-0.39, 0.29) is 5.41 Å². The van der Waals surface area contributed by atoms with Crippen molar-refractivity contribution in [3.63, 3.8) is 0 Å². The van der Waals surface area contributed by atoms with Crippen molar-refractivity contribution in [2.75, 3.05) is 20.7 Å². The maximum atomic E-state index is 5.46. The summed E-state index contributed by atoms with van der Waals surface area (Å²) in [5, 5.41) is 3.21. The maximum Gasteiger partial charge on any atom is 0.128 e. The van der Waals surface area contributed by atoms with Crippen LogP contribution in [0.2, 0.25) is 0 Å². The quantitative estimate of drug-likeness (QED) is 0.843. The lowest BCUT2D eigenvalue weighted by Gasteiger charge is -2.25. The summed E-state index contributed by atoms with van der Waals surface area (Å²) in [5.41, 5.74) is 3.68.